The maximum Gasteiger partial charge on any atom is 0.391 e. The number of rotatable bonds is 3. The molecule has 1 aliphatic carbocycles. The molecule has 1 amide bonds. The number of benzene rings is 1. The zero-order valence-corrected chi connectivity index (χ0v) is 15.7. The fraction of sp³-hybridized carbons (Fsp3) is 0.409. The lowest BCUT2D eigenvalue weighted by Crippen LogP contribution is -2.42. The molecule has 0 N–H and O–H groups in total. The van der Waals surface area contributed by atoms with Crippen molar-refractivity contribution in [3.63, 3.8) is 0 Å². The normalized spacial score (nSPS) is 17.8. The molecule has 29 heavy (non-hydrogen) atoms. The van der Waals surface area contributed by atoms with Crippen molar-refractivity contribution in [2.24, 2.45) is 5.92 Å². The molecule has 4 rings (SSSR count). The van der Waals surface area contributed by atoms with Gasteiger partial charge in [-0.25, -0.2) is 0 Å². The third-order valence-electron chi connectivity index (χ3n) is 5.67. The lowest BCUT2D eigenvalue weighted by molar-refractivity contribution is -0.183. The van der Waals surface area contributed by atoms with E-state index in [1.807, 2.05) is 12.1 Å². The third-order valence-corrected chi connectivity index (χ3v) is 5.67. The van der Waals surface area contributed by atoms with E-state index in [0.717, 1.165) is 18.5 Å². The van der Waals surface area contributed by atoms with Crippen molar-refractivity contribution in [1.29, 1.82) is 5.26 Å². The molecule has 0 atom stereocenters. The summed E-state index contributed by atoms with van der Waals surface area (Å²) in [6.07, 6.45) is -2.21. The SMILES string of the molecule is N#Cc1ccc(C(=O)N2CCC(C(F)(F)F)CC2)c(-c2cccc(C3CC3)n2)c1. The quantitative estimate of drug-likeness (QED) is 0.737. The number of hydrogen-bond acceptors (Lipinski definition) is 3. The molecule has 2 heterocycles. The fourth-order valence-corrected chi connectivity index (χ4v) is 3.80. The molecular weight excluding hydrogens is 379 g/mol. The van der Waals surface area contributed by atoms with Crippen LogP contribution in [0.15, 0.2) is 36.4 Å². The van der Waals surface area contributed by atoms with Crippen LogP contribution >= 0.6 is 0 Å². The Hall–Kier alpha value is -2.88. The Kier molecular flexibility index (Phi) is 5.03. The van der Waals surface area contributed by atoms with Gasteiger partial charge in [-0.2, -0.15) is 18.4 Å². The Labute approximate surface area is 167 Å². The van der Waals surface area contributed by atoms with Crippen molar-refractivity contribution in [1.82, 2.24) is 9.88 Å². The Balaban J connectivity index is 1.63. The van der Waals surface area contributed by atoms with Crippen LogP contribution in [0.1, 0.15) is 53.2 Å². The molecule has 4 nitrogen and oxygen atoms in total. The van der Waals surface area contributed by atoms with Crippen LogP contribution < -0.4 is 0 Å². The van der Waals surface area contributed by atoms with Gasteiger partial charge in [-0.1, -0.05) is 6.07 Å². The van der Waals surface area contributed by atoms with Crippen LogP contribution in [0, 0.1) is 17.2 Å². The van der Waals surface area contributed by atoms with Crippen molar-refractivity contribution >= 4 is 5.91 Å². The van der Waals surface area contributed by atoms with Gasteiger partial charge in [-0.05, 0) is 56.0 Å². The molecule has 0 spiro atoms. The van der Waals surface area contributed by atoms with E-state index in [9.17, 15) is 23.2 Å². The summed E-state index contributed by atoms with van der Waals surface area (Å²) >= 11 is 0. The van der Waals surface area contributed by atoms with Crippen LogP contribution in [0.5, 0.6) is 0 Å². The van der Waals surface area contributed by atoms with Gasteiger partial charge in [-0.15, -0.1) is 0 Å². The van der Waals surface area contributed by atoms with E-state index in [2.05, 4.69) is 11.1 Å². The number of piperidine rings is 1. The summed E-state index contributed by atoms with van der Waals surface area (Å²) in [4.78, 5) is 19.3. The molecule has 1 saturated carbocycles. The van der Waals surface area contributed by atoms with Crippen molar-refractivity contribution in [2.45, 2.75) is 37.8 Å². The Morgan fingerprint density at radius 3 is 2.45 bits per heavy atom. The lowest BCUT2D eigenvalue weighted by atomic mass is 9.94. The number of carbonyl (C=O) groups excluding carboxylic acids is 1. The maximum atomic E-state index is 13.1. The molecule has 1 aromatic heterocycles. The van der Waals surface area contributed by atoms with E-state index in [1.165, 1.54) is 4.90 Å². The highest BCUT2D eigenvalue weighted by molar-refractivity contribution is 6.00. The van der Waals surface area contributed by atoms with Crippen LogP contribution in [-0.2, 0) is 0 Å². The fourth-order valence-electron chi connectivity index (χ4n) is 3.80. The number of halogens is 3. The molecule has 0 radical (unpaired) electrons. The summed E-state index contributed by atoms with van der Waals surface area (Å²) in [5, 5.41) is 9.27. The maximum absolute atomic E-state index is 13.1. The smallest absolute Gasteiger partial charge is 0.339 e. The van der Waals surface area contributed by atoms with Gasteiger partial charge in [0.15, 0.2) is 0 Å². The zero-order valence-electron chi connectivity index (χ0n) is 15.7. The Bertz CT molecular complexity index is 968. The molecule has 1 aliphatic heterocycles. The summed E-state index contributed by atoms with van der Waals surface area (Å²) in [6.45, 7) is 0.135. The number of aromatic nitrogens is 1. The van der Waals surface area contributed by atoms with Crippen LogP contribution in [0.4, 0.5) is 13.2 Å². The number of hydrogen-bond donors (Lipinski definition) is 0. The molecule has 7 heteroatoms. The van der Waals surface area contributed by atoms with Gasteiger partial charge in [0.05, 0.1) is 23.2 Å². The van der Waals surface area contributed by atoms with Crippen molar-refractivity contribution in [3.8, 4) is 17.3 Å². The van der Waals surface area contributed by atoms with Crippen LogP contribution in [0.2, 0.25) is 0 Å². The first kappa shape index (κ1) is 19.4. The summed E-state index contributed by atoms with van der Waals surface area (Å²) in [6, 6.07) is 12.5. The molecule has 150 valence electrons. The van der Waals surface area contributed by atoms with E-state index in [0.29, 0.717) is 28.3 Å². The predicted molar refractivity (Wildman–Crippen MR) is 101 cm³/mol. The highest BCUT2D eigenvalue weighted by Gasteiger charge is 2.42. The van der Waals surface area contributed by atoms with Gasteiger partial charge < -0.3 is 4.90 Å². The van der Waals surface area contributed by atoms with E-state index in [4.69, 9.17) is 0 Å². The highest BCUT2D eigenvalue weighted by atomic mass is 19.4. The van der Waals surface area contributed by atoms with Gasteiger partial charge in [-0.3, -0.25) is 9.78 Å². The second kappa shape index (κ2) is 7.51. The Morgan fingerprint density at radius 2 is 1.83 bits per heavy atom. The number of likely N-dealkylation sites (tertiary alicyclic amines) is 1. The van der Waals surface area contributed by atoms with E-state index < -0.39 is 12.1 Å². The van der Waals surface area contributed by atoms with Crippen LogP contribution in [-0.4, -0.2) is 35.1 Å². The molecule has 2 aromatic rings. The first-order valence-electron chi connectivity index (χ1n) is 9.74. The number of amides is 1. The van der Waals surface area contributed by atoms with Crippen LogP contribution in [0.3, 0.4) is 0 Å². The minimum Gasteiger partial charge on any atom is -0.339 e. The van der Waals surface area contributed by atoms with Gasteiger partial charge in [0.25, 0.3) is 5.91 Å². The molecule has 0 bridgehead atoms. The van der Waals surface area contributed by atoms with Gasteiger partial charge >= 0.3 is 6.18 Å². The van der Waals surface area contributed by atoms with Crippen molar-refractivity contribution < 1.29 is 18.0 Å². The average Bonchev–Trinajstić information content (AvgIpc) is 3.58. The number of nitriles is 1. The van der Waals surface area contributed by atoms with Crippen molar-refractivity contribution in [2.75, 3.05) is 13.1 Å². The molecule has 1 aromatic carbocycles. The van der Waals surface area contributed by atoms with Gasteiger partial charge in [0.1, 0.15) is 0 Å². The molecule has 1 saturated heterocycles. The monoisotopic (exact) mass is 399 g/mol. The Morgan fingerprint density at radius 1 is 1.10 bits per heavy atom. The standard InChI is InChI=1S/C22H20F3N3O/c23-22(24,25)16-8-10-28(11-9-16)21(29)17-7-4-14(13-26)12-18(17)20-3-1-2-19(27-20)15-5-6-15/h1-4,7,12,15-16H,5-6,8-11H2. The number of nitrogens with zero attached hydrogens (tertiary/aromatic N) is 3. The summed E-state index contributed by atoms with van der Waals surface area (Å²) in [7, 11) is 0. The molecule has 2 fully saturated rings. The third kappa shape index (κ3) is 4.12. The average molecular weight is 399 g/mol. The number of alkyl halides is 3. The molecule has 2 aliphatic rings. The van der Waals surface area contributed by atoms with Gasteiger partial charge in [0.2, 0.25) is 0 Å². The van der Waals surface area contributed by atoms with Crippen LogP contribution in [0.25, 0.3) is 11.3 Å². The molecular formula is C22H20F3N3O. The minimum absolute atomic E-state index is 0.0675. The van der Waals surface area contributed by atoms with Crippen molar-refractivity contribution in [3.05, 3.63) is 53.2 Å². The zero-order chi connectivity index (χ0) is 20.6. The number of pyridine rings is 1. The van der Waals surface area contributed by atoms with E-state index in [-0.39, 0.29) is 31.8 Å². The summed E-state index contributed by atoms with van der Waals surface area (Å²) in [5.41, 5.74) is 2.91. The summed E-state index contributed by atoms with van der Waals surface area (Å²) in [5.74, 6) is -1.23. The second-order valence-corrected chi connectivity index (χ2v) is 7.70. The number of carbonyl (C=O) groups is 1. The highest BCUT2D eigenvalue weighted by Crippen LogP contribution is 2.40. The molecule has 0 unspecified atom stereocenters. The largest absolute Gasteiger partial charge is 0.391 e. The topological polar surface area (TPSA) is 57.0 Å². The van der Waals surface area contributed by atoms with E-state index >= 15 is 0 Å². The summed E-state index contributed by atoms with van der Waals surface area (Å²) < 4.78 is 38.8. The predicted octanol–water partition coefficient (Wildman–Crippen LogP) is 4.91. The first-order valence-corrected chi connectivity index (χ1v) is 9.74. The minimum atomic E-state index is -4.22. The van der Waals surface area contributed by atoms with E-state index in [1.54, 1.807) is 24.3 Å². The second-order valence-electron chi connectivity index (χ2n) is 7.70. The van der Waals surface area contributed by atoms with Gasteiger partial charge in [0, 0.05) is 35.8 Å². The lowest BCUT2D eigenvalue weighted by Gasteiger charge is -2.33. The first-order chi connectivity index (χ1) is 13.9.